The normalized spacial score (nSPS) is 20.7. The molecule has 3 heteroatoms. The minimum absolute atomic E-state index is 0.205. The zero-order chi connectivity index (χ0) is 9.97. The van der Waals surface area contributed by atoms with Crippen molar-refractivity contribution < 1.29 is 0 Å². The van der Waals surface area contributed by atoms with Crippen molar-refractivity contribution in [1.82, 2.24) is 0 Å². The lowest BCUT2D eigenvalue weighted by molar-refractivity contribution is 1.15. The molecule has 1 aliphatic heterocycles. The highest BCUT2D eigenvalue weighted by molar-refractivity contribution is 8.05. The van der Waals surface area contributed by atoms with Crippen LogP contribution in [0.3, 0.4) is 0 Å². The van der Waals surface area contributed by atoms with Crippen LogP contribution < -0.4 is 4.90 Å². The summed E-state index contributed by atoms with van der Waals surface area (Å²) in [5.41, 5.74) is 1.21. The molecule has 74 valence electrons. The lowest BCUT2D eigenvalue weighted by Gasteiger charge is -2.19. The molecule has 14 heavy (non-hydrogen) atoms. The summed E-state index contributed by atoms with van der Waals surface area (Å²) < 4.78 is 0.205. The fourth-order valence-electron chi connectivity index (χ4n) is 1.42. The highest BCUT2D eigenvalue weighted by Crippen LogP contribution is 2.37. The van der Waals surface area contributed by atoms with Crippen LogP contribution in [-0.4, -0.2) is 11.8 Å². The van der Waals surface area contributed by atoms with E-state index in [4.69, 9.17) is 11.6 Å². The molecular formula is C11H12ClNS. The maximum absolute atomic E-state index is 6.02. The van der Waals surface area contributed by atoms with Crippen LogP contribution in [0.5, 0.6) is 0 Å². The topological polar surface area (TPSA) is 3.24 Å². The van der Waals surface area contributed by atoms with Crippen LogP contribution in [0.25, 0.3) is 0 Å². The molecule has 0 aliphatic carbocycles. The maximum Gasteiger partial charge on any atom is 0.0885 e. The smallest absolute Gasteiger partial charge is 0.0885 e. The molecular weight excluding hydrogens is 214 g/mol. The fourth-order valence-corrected chi connectivity index (χ4v) is 2.69. The van der Waals surface area contributed by atoms with E-state index < -0.39 is 0 Å². The van der Waals surface area contributed by atoms with Crippen LogP contribution in [0.1, 0.15) is 6.42 Å². The SMILES string of the molecule is CN(C1=CCC(Cl)S1)c1ccccc1. The number of hydrogen-bond donors (Lipinski definition) is 0. The fraction of sp³-hybridized carbons (Fsp3) is 0.273. The Morgan fingerprint density at radius 3 is 2.64 bits per heavy atom. The van der Waals surface area contributed by atoms with Crippen molar-refractivity contribution in [3.05, 3.63) is 41.4 Å². The third-order valence-electron chi connectivity index (χ3n) is 2.20. The third-order valence-corrected chi connectivity index (χ3v) is 3.78. The van der Waals surface area contributed by atoms with Gasteiger partial charge in [-0.3, -0.25) is 0 Å². The first kappa shape index (κ1) is 9.94. The van der Waals surface area contributed by atoms with E-state index in [9.17, 15) is 0 Å². The van der Waals surface area contributed by atoms with Crippen molar-refractivity contribution in [1.29, 1.82) is 0 Å². The van der Waals surface area contributed by atoms with E-state index in [1.807, 2.05) is 18.2 Å². The molecule has 1 heterocycles. The van der Waals surface area contributed by atoms with Crippen LogP contribution in [0.15, 0.2) is 41.4 Å². The highest BCUT2D eigenvalue weighted by Gasteiger charge is 2.18. The molecule has 0 fully saturated rings. The molecule has 2 rings (SSSR count). The number of nitrogens with zero attached hydrogens (tertiary/aromatic N) is 1. The summed E-state index contributed by atoms with van der Waals surface area (Å²) in [4.78, 5) is 2.17. The molecule has 1 aliphatic rings. The average molecular weight is 226 g/mol. The van der Waals surface area contributed by atoms with Gasteiger partial charge in [0, 0.05) is 12.7 Å². The number of rotatable bonds is 2. The van der Waals surface area contributed by atoms with Crippen molar-refractivity contribution in [2.45, 2.75) is 11.1 Å². The van der Waals surface area contributed by atoms with Crippen LogP contribution in [-0.2, 0) is 0 Å². The van der Waals surface area contributed by atoms with Crippen molar-refractivity contribution in [3.63, 3.8) is 0 Å². The van der Waals surface area contributed by atoms with E-state index >= 15 is 0 Å². The number of benzene rings is 1. The largest absolute Gasteiger partial charge is 0.340 e. The molecule has 0 bridgehead atoms. The predicted octanol–water partition coefficient (Wildman–Crippen LogP) is 3.67. The number of thioether (sulfide) groups is 1. The van der Waals surface area contributed by atoms with E-state index in [-0.39, 0.29) is 4.71 Å². The number of allylic oxidation sites excluding steroid dienone is 1. The second-order valence-electron chi connectivity index (χ2n) is 3.20. The first-order valence-electron chi connectivity index (χ1n) is 4.57. The van der Waals surface area contributed by atoms with Gasteiger partial charge in [-0.1, -0.05) is 36.0 Å². The van der Waals surface area contributed by atoms with Gasteiger partial charge in [0.1, 0.15) is 0 Å². The van der Waals surface area contributed by atoms with Gasteiger partial charge in [-0.25, -0.2) is 0 Å². The first-order valence-corrected chi connectivity index (χ1v) is 5.88. The number of anilines is 1. The molecule has 0 saturated carbocycles. The molecule has 0 saturated heterocycles. The average Bonchev–Trinajstić information content (AvgIpc) is 2.65. The van der Waals surface area contributed by atoms with E-state index in [0.717, 1.165) is 6.42 Å². The highest BCUT2D eigenvalue weighted by atomic mass is 35.5. The Morgan fingerprint density at radius 2 is 2.07 bits per heavy atom. The lowest BCUT2D eigenvalue weighted by atomic mass is 10.3. The number of para-hydroxylation sites is 1. The minimum Gasteiger partial charge on any atom is -0.340 e. The molecule has 0 aromatic heterocycles. The van der Waals surface area contributed by atoms with Crippen molar-refractivity contribution in [2.24, 2.45) is 0 Å². The van der Waals surface area contributed by atoms with E-state index in [1.165, 1.54) is 10.7 Å². The van der Waals surface area contributed by atoms with Crippen molar-refractivity contribution >= 4 is 29.1 Å². The van der Waals surface area contributed by atoms with Gasteiger partial charge >= 0.3 is 0 Å². The molecule has 1 atom stereocenters. The predicted molar refractivity (Wildman–Crippen MR) is 64.8 cm³/mol. The number of hydrogen-bond acceptors (Lipinski definition) is 2. The summed E-state index contributed by atoms with van der Waals surface area (Å²) in [7, 11) is 2.07. The molecule has 1 aromatic rings. The number of alkyl halides is 1. The van der Waals surface area contributed by atoms with Gasteiger partial charge < -0.3 is 4.90 Å². The van der Waals surface area contributed by atoms with E-state index in [1.54, 1.807) is 11.8 Å². The Kier molecular flexibility index (Phi) is 3.04. The molecule has 1 nitrogen and oxygen atoms in total. The van der Waals surface area contributed by atoms with Crippen LogP contribution >= 0.6 is 23.4 Å². The second-order valence-corrected chi connectivity index (χ2v) is 5.21. The third kappa shape index (κ3) is 2.07. The quantitative estimate of drug-likeness (QED) is 0.707. The molecule has 0 spiro atoms. The van der Waals surface area contributed by atoms with Gasteiger partial charge in [-0.05, 0) is 18.6 Å². The van der Waals surface area contributed by atoms with Crippen LogP contribution in [0.2, 0.25) is 0 Å². The van der Waals surface area contributed by atoms with Crippen LogP contribution in [0, 0.1) is 0 Å². The van der Waals surface area contributed by atoms with Crippen molar-refractivity contribution in [3.8, 4) is 0 Å². The Bertz CT molecular complexity index is 336. The Labute approximate surface area is 93.7 Å². The van der Waals surface area contributed by atoms with Gasteiger partial charge in [-0.15, -0.1) is 11.6 Å². The second kappa shape index (κ2) is 4.28. The summed E-state index contributed by atoms with van der Waals surface area (Å²) >= 11 is 7.74. The molecule has 0 amide bonds. The standard InChI is InChI=1S/C11H12ClNS/c1-13(9-5-3-2-4-6-9)11-8-7-10(12)14-11/h2-6,8,10H,7H2,1H3. The molecule has 1 unspecified atom stereocenters. The van der Waals surface area contributed by atoms with Crippen molar-refractivity contribution in [2.75, 3.05) is 11.9 Å². The summed E-state index contributed by atoms with van der Waals surface area (Å²) in [6.45, 7) is 0. The minimum atomic E-state index is 0.205. The van der Waals surface area contributed by atoms with E-state index in [0.29, 0.717) is 0 Å². The summed E-state index contributed by atoms with van der Waals surface area (Å²) in [5, 5.41) is 1.25. The van der Waals surface area contributed by atoms with Gasteiger partial charge in [-0.2, -0.15) is 0 Å². The zero-order valence-corrected chi connectivity index (χ0v) is 9.55. The first-order chi connectivity index (χ1) is 6.77. The summed E-state index contributed by atoms with van der Waals surface area (Å²) in [6, 6.07) is 10.3. The maximum atomic E-state index is 6.02. The summed E-state index contributed by atoms with van der Waals surface area (Å²) in [5.74, 6) is 0. The molecule has 1 aromatic carbocycles. The van der Waals surface area contributed by atoms with Gasteiger partial charge in [0.25, 0.3) is 0 Å². The molecule has 0 radical (unpaired) electrons. The van der Waals surface area contributed by atoms with Gasteiger partial charge in [0.05, 0.1) is 9.74 Å². The van der Waals surface area contributed by atoms with Crippen LogP contribution in [0.4, 0.5) is 5.69 Å². The molecule has 0 N–H and O–H groups in total. The zero-order valence-electron chi connectivity index (χ0n) is 7.98. The monoisotopic (exact) mass is 225 g/mol. The number of halogens is 1. The van der Waals surface area contributed by atoms with Gasteiger partial charge in [0.15, 0.2) is 0 Å². The Balaban J connectivity index is 2.13. The van der Waals surface area contributed by atoms with Gasteiger partial charge in [0.2, 0.25) is 0 Å². The Hall–Kier alpha value is -0.600. The lowest BCUT2D eigenvalue weighted by Crippen LogP contribution is -2.12. The van der Waals surface area contributed by atoms with E-state index in [2.05, 4.69) is 30.2 Å². The summed E-state index contributed by atoms with van der Waals surface area (Å²) in [6.07, 6.45) is 3.15. The Morgan fingerprint density at radius 1 is 1.36 bits per heavy atom.